The van der Waals surface area contributed by atoms with Gasteiger partial charge in [-0.05, 0) is 30.5 Å². The van der Waals surface area contributed by atoms with Crippen LogP contribution in [0.25, 0.3) is 10.9 Å². The van der Waals surface area contributed by atoms with E-state index in [9.17, 15) is 9.59 Å². The summed E-state index contributed by atoms with van der Waals surface area (Å²) in [7, 11) is 3.19. The minimum atomic E-state index is -0.588. The third-order valence-corrected chi connectivity index (χ3v) is 7.14. The van der Waals surface area contributed by atoms with Crippen LogP contribution in [0.15, 0.2) is 42.5 Å². The van der Waals surface area contributed by atoms with E-state index in [1.54, 1.807) is 24.0 Å². The number of carbonyl (C=O) groups is 2. The highest BCUT2D eigenvalue weighted by Crippen LogP contribution is 2.46. The van der Waals surface area contributed by atoms with Gasteiger partial charge in [0.15, 0.2) is 11.5 Å². The summed E-state index contributed by atoms with van der Waals surface area (Å²) in [4.78, 5) is 34.5. The number of amides is 2. The summed E-state index contributed by atoms with van der Waals surface area (Å²) in [5.74, 6) is 1.05. The Morgan fingerprint density at radius 3 is 2.64 bits per heavy atom. The molecule has 1 N–H and O–H groups in total. The number of methoxy groups -OCH3 is 2. The third kappa shape index (κ3) is 4.09. The lowest BCUT2D eigenvalue weighted by atomic mass is 9.85. The molecule has 2 aliphatic heterocycles. The smallest absolute Gasteiger partial charge is 0.246 e. The van der Waals surface area contributed by atoms with Gasteiger partial charge in [0.1, 0.15) is 12.1 Å². The molecule has 36 heavy (non-hydrogen) atoms. The fraction of sp³-hybridized carbons (Fsp3) is 0.429. The van der Waals surface area contributed by atoms with Gasteiger partial charge in [-0.3, -0.25) is 9.59 Å². The molecule has 0 bridgehead atoms. The van der Waals surface area contributed by atoms with Crippen molar-refractivity contribution in [1.82, 2.24) is 14.8 Å². The molecule has 190 valence electrons. The molecule has 3 heterocycles. The van der Waals surface area contributed by atoms with Crippen LogP contribution >= 0.6 is 0 Å². The van der Waals surface area contributed by atoms with Gasteiger partial charge >= 0.3 is 0 Å². The van der Waals surface area contributed by atoms with Crippen molar-refractivity contribution in [3.05, 3.63) is 59.3 Å². The van der Waals surface area contributed by atoms with Crippen LogP contribution < -0.4 is 9.47 Å². The van der Waals surface area contributed by atoms with Crippen LogP contribution in [0.3, 0.4) is 0 Å². The van der Waals surface area contributed by atoms with Crippen molar-refractivity contribution >= 4 is 22.7 Å². The summed E-state index contributed by atoms with van der Waals surface area (Å²) in [6.45, 7) is 3.91. The maximum Gasteiger partial charge on any atom is 0.246 e. The number of H-pyrrole nitrogens is 1. The van der Waals surface area contributed by atoms with Gasteiger partial charge in [0.25, 0.3) is 0 Å². The first-order valence-electron chi connectivity index (χ1n) is 12.6. The number of aromatic nitrogens is 1. The minimum absolute atomic E-state index is 0.0205. The molecule has 1 aromatic heterocycles. The number of ether oxygens (including phenoxy) is 3. The highest BCUT2D eigenvalue weighted by molar-refractivity contribution is 5.97. The SMILES string of the molecule is CCCOCCCN1CC(=O)N2C(Cc3c([nH]c4ccccc34)C2c2cccc(OC)c2OC)C1=O. The van der Waals surface area contributed by atoms with E-state index in [4.69, 9.17) is 14.2 Å². The summed E-state index contributed by atoms with van der Waals surface area (Å²) in [6, 6.07) is 12.7. The summed E-state index contributed by atoms with van der Waals surface area (Å²) < 4.78 is 16.9. The highest BCUT2D eigenvalue weighted by atomic mass is 16.5. The summed E-state index contributed by atoms with van der Waals surface area (Å²) >= 11 is 0. The monoisotopic (exact) mass is 491 g/mol. The van der Waals surface area contributed by atoms with E-state index < -0.39 is 12.1 Å². The Bertz CT molecular complexity index is 1270. The summed E-state index contributed by atoms with van der Waals surface area (Å²) in [5.41, 5.74) is 3.76. The molecule has 2 aliphatic rings. The van der Waals surface area contributed by atoms with E-state index in [0.717, 1.165) is 34.1 Å². The molecular formula is C28H33N3O5. The van der Waals surface area contributed by atoms with Gasteiger partial charge in [0, 0.05) is 48.3 Å². The molecule has 0 saturated carbocycles. The molecule has 0 aliphatic carbocycles. The number of hydrogen-bond acceptors (Lipinski definition) is 5. The van der Waals surface area contributed by atoms with Gasteiger partial charge in [-0.2, -0.15) is 0 Å². The van der Waals surface area contributed by atoms with E-state index in [2.05, 4.69) is 18.0 Å². The lowest BCUT2D eigenvalue weighted by molar-refractivity contribution is -0.158. The van der Waals surface area contributed by atoms with E-state index in [-0.39, 0.29) is 18.4 Å². The minimum Gasteiger partial charge on any atom is -0.493 e. The van der Waals surface area contributed by atoms with Crippen LogP contribution in [-0.4, -0.2) is 73.2 Å². The summed E-state index contributed by atoms with van der Waals surface area (Å²) in [5, 5.41) is 1.07. The van der Waals surface area contributed by atoms with Gasteiger partial charge in [-0.25, -0.2) is 0 Å². The van der Waals surface area contributed by atoms with Gasteiger partial charge in [-0.1, -0.05) is 37.3 Å². The van der Waals surface area contributed by atoms with Crippen molar-refractivity contribution in [2.45, 2.75) is 38.3 Å². The molecule has 8 heteroatoms. The number of para-hydroxylation sites is 2. The van der Waals surface area contributed by atoms with Crippen LogP contribution in [0.1, 0.15) is 42.6 Å². The lowest BCUT2D eigenvalue weighted by Gasteiger charge is -2.47. The Hall–Kier alpha value is -3.52. The van der Waals surface area contributed by atoms with Crippen molar-refractivity contribution in [2.75, 3.05) is 40.5 Å². The first-order chi connectivity index (χ1) is 17.6. The third-order valence-electron chi connectivity index (χ3n) is 7.14. The highest BCUT2D eigenvalue weighted by Gasteiger charge is 2.48. The number of piperazine rings is 1. The average Bonchev–Trinajstić information content (AvgIpc) is 3.28. The van der Waals surface area contributed by atoms with Crippen molar-refractivity contribution in [3.8, 4) is 11.5 Å². The number of nitrogens with zero attached hydrogens (tertiary/aromatic N) is 2. The fourth-order valence-electron chi connectivity index (χ4n) is 5.57. The van der Waals surface area contributed by atoms with Gasteiger partial charge < -0.3 is 29.0 Å². The standard InChI is InChI=1S/C28H33N3O5/c1-4-14-36-15-8-13-30-17-24(32)31-22(28(30)33)16-20-18-9-5-6-11-21(18)29-25(20)26(31)19-10-7-12-23(34-2)27(19)35-3/h5-7,9-12,22,26,29H,4,8,13-17H2,1-3H3. The van der Waals surface area contributed by atoms with Crippen LogP contribution in [0.2, 0.25) is 0 Å². The average molecular weight is 492 g/mol. The Morgan fingerprint density at radius 1 is 1.03 bits per heavy atom. The van der Waals surface area contributed by atoms with Crippen molar-refractivity contribution in [2.24, 2.45) is 0 Å². The molecule has 2 atom stereocenters. The molecule has 2 amide bonds. The second kappa shape index (κ2) is 10.2. The van der Waals surface area contributed by atoms with E-state index in [0.29, 0.717) is 44.1 Å². The number of fused-ring (bicyclic) bond motifs is 4. The molecule has 8 nitrogen and oxygen atoms in total. The van der Waals surface area contributed by atoms with Crippen molar-refractivity contribution < 1.29 is 23.8 Å². The Morgan fingerprint density at radius 2 is 1.86 bits per heavy atom. The molecule has 1 fully saturated rings. The Balaban J connectivity index is 1.57. The predicted octanol–water partition coefficient (Wildman–Crippen LogP) is 3.69. The van der Waals surface area contributed by atoms with Gasteiger partial charge in [0.2, 0.25) is 11.8 Å². The molecule has 0 radical (unpaired) electrons. The fourth-order valence-corrected chi connectivity index (χ4v) is 5.57. The van der Waals surface area contributed by atoms with E-state index in [1.807, 2.05) is 36.4 Å². The molecular weight excluding hydrogens is 458 g/mol. The zero-order chi connectivity index (χ0) is 25.2. The van der Waals surface area contributed by atoms with Crippen molar-refractivity contribution in [1.29, 1.82) is 0 Å². The Labute approximate surface area is 211 Å². The van der Waals surface area contributed by atoms with Crippen LogP contribution in [0.5, 0.6) is 11.5 Å². The molecule has 5 rings (SSSR count). The molecule has 1 saturated heterocycles. The summed E-state index contributed by atoms with van der Waals surface area (Å²) in [6.07, 6.45) is 2.13. The largest absolute Gasteiger partial charge is 0.493 e. The van der Waals surface area contributed by atoms with Crippen molar-refractivity contribution in [3.63, 3.8) is 0 Å². The molecule has 3 aromatic rings. The number of rotatable bonds is 9. The second-order valence-corrected chi connectivity index (χ2v) is 9.29. The molecule has 0 spiro atoms. The number of hydrogen-bond donors (Lipinski definition) is 1. The van der Waals surface area contributed by atoms with E-state index >= 15 is 0 Å². The number of aromatic amines is 1. The van der Waals surface area contributed by atoms with Crippen LogP contribution in [-0.2, 0) is 20.7 Å². The Kier molecular flexibility index (Phi) is 6.87. The second-order valence-electron chi connectivity index (χ2n) is 9.29. The topological polar surface area (TPSA) is 84.1 Å². The molecule has 2 aromatic carbocycles. The first kappa shape index (κ1) is 24.2. The zero-order valence-corrected chi connectivity index (χ0v) is 21.1. The maximum atomic E-state index is 13.8. The maximum absolute atomic E-state index is 13.8. The van der Waals surface area contributed by atoms with Gasteiger partial charge in [0.05, 0.1) is 20.8 Å². The quantitative estimate of drug-likeness (QED) is 0.462. The predicted molar refractivity (Wildman–Crippen MR) is 136 cm³/mol. The normalized spacial score (nSPS) is 19.4. The number of benzene rings is 2. The van der Waals surface area contributed by atoms with Crippen LogP contribution in [0.4, 0.5) is 0 Å². The zero-order valence-electron chi connectivity index (χ0n) is 21.1. The lowest BCUT2D eigenvalue weighted by Crippen LogP contribution is -2.63. The number of carbonyl (C=O) groups excluding carboxylic acids is 2. The van der Waals surface area contributed by atoms with Crippen LogP contribution in [0, 0.1) is 0 Å². The van der Waals surface area contributed by atoms with E-state index in [1.165, 1.54) is 0 Å². The first-order valence-corrected chi connectivity index (χ1v) is 12.6. The molecule has 2 unspecified atom stereocenters. The number of nitrogens with one attached hydrogen (secondary N) is 1. The van der Waals surface area contributed by atoms with Gasteiger partial charge in [-0.15, -0.1) is 0 Å².